The number of alkyl halides is 2. The maximum absolute atomic E-state index is 13.1. The van der Waals surface area contributed by atoms with Crippen LogP contribution in [0.2, 0.25) is 0 Å². The molecule has 0 bridgehead atoms. The van der Waals surface area contributed by atoms with E-state index in [2.05, 4.69) is 27.7 Å². The van der Waals surface area contributed by atoms with Crippen LogP contribution in [0.4, 0.5) is 14.6 Å². The van der Waals surface area contributed by atoms with E-state index in [0.717, 1.165) is 56.7 Å². The van der Waals surface area contributed by atoms with E-state index in [0.29, 0.717) is 19.7 Å². The Morgan fingerprint density at radius 2 is 1.89 bits per heavy atom. The molecule has 1 aliphatic heterocycles. The summed E-state index contributed by atoms with van der Waals surface area (Å²) < 4.78 is 32.1. The Bertz CT molecular complexity index is 905. The number of carboxylic acids is 1. The highest BCUT2D eigenvalue weighted by molar-refractivity contribution is 5.83. The molecular formula is C28H46F2N4O4. The highest BCUT2D eigenvalue weighted by Crippen LogP contribution is 2.28. The van der Waals surface area contributed by atoms with E-state index in [9.17, 15) is 23.5 Å². The molecule has 8 nitrogen and oxygen atoms in total. The summed E-state index contributed by atoms with van der Waals surface area (Å²) in [5.74, 6) is -0.864. The number of anilines is 1. The van der Waals surface area contributed by atoms with E-state index in [-0.39, 0.29) is 12.0 Å². The lowest BCUT2D eigenvalue weighted by Crippen LogP contribution is -2.45. The summed E-state index contributed by atoms with van der Waals surface area (Å²) in [6, 6.07) is 3.10. The van der Waals surface area contributed by atoms with Crippen LogP contribution in [0.15, 0.2) is 12.1 Å². The zero-order valence-electron chi connectivity index (χ0n) is 23.6. The van der Waals surface area contributed by atoms with Crippen LogP contribution in [0.1, 0.15) is 78.0 Å². The first-order valence-electron chi connectivity index (χ1n) is 13.7. The highest BCUT2D eigenvalue weighted by Gasteiger charge is 2.33. The number of aromatic nitrogens is 1. The third-order valence-corrected chi connectivity index (χ3v) is 6.63. The van der Waals surface area contributed by atoms with Crippen molar-refractivity contribution in [3.8, 4) is 0 Å². The number of halogens is 2. The molecule has 0 saturated heterocycles. The normalized spacial score (nSPS) is 14.8. The molecule has 2 heterocycles. The summed E-state index contributed by atoms with van der Waals surface area (Å²) in [6.45, 7) is 11.8. The number of pyridine rings is 1. The minimum absolute atomic E-state index is 0.170. The van der Waals surface area contributed by atoms with Crippen molar-refractivity contribution >= 4 is 17.7 Å². The molecule has 1 aliphatic rings. The van der Waals surface area contributed by atoms with Gasteiger partial charge in [-0.25, -0.2) is 18.6 Å². The number of hydrogen-bond acceptors (Lipinski definition) is 6. The third-order valence-electron chi connectivity index (χ3n) is 6.63. The molecule has 0 radical (unpaired) electrons. The fraction of sp³-hybridized carbons (Fsp3) is 0.750. The van der Waals surface area contributed by atoms with Crippen LogP contribution in [0.5, 0.6) is 0 Å². The zero-order valence-corrected chi connectivity index (χ0v) is 23.6. The fourth-order valence-corrected chi connectivity index (χ4v) is 4.27. The van der Waals surface area contributed by atoms with Gasteiger partial charge in [-0.1, -0.05) is 19.9 Å². The minimum Gasteiger partial charge on any atom is -0.480 e. The van der Waals surface area contributed by atoms with E-state index in [1.807, 2.05) is 20.8 Å². The van der Waals surface area contributed by atoms with Gasteiger partial charge in [0, 0.05) is 37.2 Å². The second-order valence-electron chi connectivity index (χ2n) is 11.8. The average molecular weight is 541 g/mol. The van der Waals surface area contributed by atoms with Crippen molar-refractivity contribution in [1.29, 1.82) is 0 Å². The molecular weight excluding hydrogens is 494 g/mol. The molecule has 0 saturated carbocycles. The number of amides is 1. The molecule has 1 atom stereocenters. The number of aliphatic carboxylic acids is 1. The van der Waals surface area contributed by atoms with Crippen molar-refractivity contribution in [3.63, 3.8) is 0 Å². The number of nitrogens with zero attached hydrogens (tertiary/aromatic N) is 2. The summed E-state index contributed by atoms with van der Waals surface area (Å²) in [5, 5.41) is 15.4. The average Bonchev–Trinajstić information content (AvgIpc) is 2.82. The van der Waals surface area contributed by atoms with E-state index < -0.39 is 36.2 Å². The van der Waals surface area contributed by atoms with Gasteiger partial charge < -0.3 is 25.4 Å². The lowest BCUT2D eigenvalue weighted by atomic mass is 9.89. The Labute approximate surface area is 225 Å². The van der Waals surface area contributed by atoms with E-state index >= 15 is 0 Å². The molecule has 0 aliphatic carbocycles. The number of carbonyl (C=O) groups is 2. The lowest BCUT2D eigenvalue weighted by Gasteiger charge is -2.27. The van der Waals surface area contributed by atoms with Gasteiger partial charge in [-0.3, -0.25) is 4.79 Å². The van der Waals surface area contributed by atoms with E-state index in [4.69, 9.17) is 9.72 Å². The topological polar surface area (TPSA) is 104 Å². The third kappa shape index (κ3) is 11.6. The maximum atomic E-state index is 13.1. The van der Waals surface area contributed by atoms with E-state index in [1.165, 1.54) is 19.4 Å². The van der Waals surface area contributed by atoms with Gasteiger partial charge in [0.15, 0.2) is 0 Å². The monoisotopic (exact) mass is 540 g/mol. The number of fused-ring (bicyclic) bond motifs is 1. The van der Waals surface area contributed by atoms with Crippen LogP contribution in [0.25, 0.3) is 0 Å². The van der Waals surface area contributed by atoms with Crippen LogP contribution in [-0.2, 0) is 27.2 Å². The van der Waals surface area contributed by atoms with Crippen molar-refractivity contribution < 1.29 is 28.2 Å². The number of unbranched alkanes of at least 4 members (excludes halogenated alkanes) is 1. The van der Waals surface area contributed by atoms with Gasteiger partial charge in [-0.15, -0.1) is 0 Å². The van der Waals surface area contributed by atoms with Crippen molar-refractivity contribution in [2.24, 2.45) is 5.41 Å². The van der Waals surface area contributed by atoms with Crippen LogP contribution in [0.3, 0.4) is 0 Å². The SMILES string of the molecule is CC(C)(C)OCCN(CCCCc1ccc2c(n1)NCCC2)CCC(NC(=O)CC(C)(C)C(F)F)C(=O)O. The molecule has 10 heteroatoms. The standard InChI is InChI=1S/C28H46F2N4O4/c1-27(2,3)38-18-17-34(15-7-6-10-21-12-11-20-9-8-14-31-24(20)32-21)16-13-22(25(36)37)33-23(35)19-28(4,5)26(29)30/h11-12,22,26H,6-10,13-19H2,1-5H3,(H,31,32)(H,33,35)(H,36,37). The summed E-state index contributed by atoms with van der Waals surface area (Å²) in [5.41, 5.74) is 0.517. The van der Waals surface area contributed by atoms with Gasteiger partial charge in [0.25, 0.3) is 0 Å². The van der Waals surface area contributed by atoms with Crippen LogP contribution in [-0.4, -0.2) is 77.7 Å². The smallest absolute Gasteiger partial charge is 0.326 e. The summed E-state index contributed by atoms with van der Waals surface area (Å²) in [7, 11) is 0. The number of hydrogen-bond donors (Lipinski definition) is 3. The quantitative estimate of drug-likeness (QED) is 0.265. The van der Waals surface area contributed by atoms with Crippen molar-refractivity contribution in [1.82, 2.24) is 15.2 Å². The highest BCUT2D eigenvalue weighted by atomic mass is 19.3. The number of ether oxygens (including phenoxy) is 1. The molecule has 1 aromatic rings. The Balaban J connectivity index is 1.89. The first-order chi connectivity index (χ1) is 17.8. The first-order valence-corrected chi connectivity index (χ1v) is 13.7. The first kappa shape index (κ1) is 31.9. The number of aryl methyl sites for hydroxylation is 2. The molecule has 1 amide bonds. The zero-order chi connectivity index (χ0) is 28.3. The maximum Gasteiger partial charge on any atom is 0.326 e. The molecule has 0 aromatic carbocycles. The van der Waals surface area contributed by atoms with Crippen LogP contribution in [0, 0.1) is 5.41 Å². The van der Waals surface area contributed by atoms with Gasteiger partial charge in [-0.2, -0.15) is 0 Å². The van der Waals surface area contributed by atoms with Crippen molar-refractivity contribution in [3.05, 3.63) is 23.4 Å². The molecule has 1 aromatic heterocycles. The summed E-state index contributed by atoms with van der Waals surface area (Å²) >= 11 is 0. The Morgan fingerprint density at radius 1 is 1.16 bits per heavy atom. The number of carbonyl (C=O) groups excluding carboxylic acids is 1. The summed E-state index contributed by atoms with van der Waals surface area (Å²) in [6.07, 6.45) is 1.93. The van der Waals surface area contributed by atoms with Crippen molar-refractivity contribution in [2.45, 2.75) is 97.6 Å². The molecule has 2 rings (SSSR count). The predicted molar refractivity (Wildman–Crippen MR) is 145 cm³/mol. The molecule has 1 unspecified atom stereocenters. The minimum atomic E-state index is -2.68. The van der Waals surface area contributed by atoms with Gasteiger partial charge in [0.2, 0.25) is 12.3 Å². The fourth-order valence-electron chi connectivity index (χ4n) is 4.27. The molecule has 0 spiro atoms. The van der Waals surface area contributed by atoms with Crippen LogP contribution >= 0.6 is 0 Å². The second-order valence-corrected chi connectivity index (χ2v) is 11.8. The molecule has 0 fully saturated rings. The summed E-state index contributed by atoms with van der Waals surface area (Å²) in [4.78, 5) is 31.0. The Hall–Kier alpha value is -2.33. The van der Waals surface area contributed by atoms with Gasteiger partial charge >= 0.3 is 5.97 Å². The Kier molecular flexibility index (Phi) is 12.4. The number of nitrogens with one attached hydrogen (secondary N) is 2. The van der Waals surface area contributed by atoms with Crippen LogP contribution < -0.4 is 10.6 Å². The second kappa shape index (κ2) is 14.7. The number of carboxylic acid groups (broad SMARTS) is 1. The predicted octanol–water partition coefficient (Wildman–Crippen LogP) is 4.52. The van der Waals surface area contributed by atoms with Gasteiger partial charge in [0.05, 0.1) is 12.2 Å². The molecule has 216 valence electrons. The largest absolute Gasteiger partial charge is 0.480 e. The molecule has 3 N–H and O–H groups in total. The van der Waals surface area contributed by atoms with Gasteiger partial charge in [0.1, 0.15) is 11.9 Å². The Morgan fingerprint density at radius 3 is 2.55 bits per heavy atom. The lowest BCUT2D eigenvalue weighted by molar-refractivity contribution is -0.142. The van der Waals surface area contributed by atoms with Gasteiger partial charge in [-0.05, 0) is 77.5 Å². The number of rotatable bonds is 16. The molecule has 38 heavy (non-hydrogen) atoms. The van der Waals surface area contributed by atoms with E-state index in [1.54, 1.807) is 0 Å². The van der Waals surface area contributed by atoms with Crippen molar-refractivity contribution in [2.75, 3.05) is 38.1 Å².